The SMILES string of the molecule is COCc1ccc(CNC(=O)C(NC(=O)c2ccc(Cl)c([N+](=O)[O-])c2)C(C)C)cc1. The van der Waals surface area contributed by atoms with E-state index in [1.807, 2.05) is 24.3 Å². The second-order valence-electron chi connectivity index (χ2n) is 7.09. The average molecular weight is 434 g/mol. The predicted octanol–water partition coefficient (Wildman–Crippen LogP) is 3.47. The molecule has 0 aliphatic rings. The van der Waals surface area contributed by atoms with Crippen molar-refractivity contribution in [2.75, 3.05) is 7.11 Å². The van der Waals surface area contributed by atoms with Crippen LogP contribution in [0.5, 0.6) is 0 Å². The molecule has 30 heavy (non-hydrogen) atoms. The number of amides is 2. The fourth-order valence-electron chi connectivity index (χ4n) is 2.77. The summed E-state index contributed by atoms with van der Waals surface area (Å²) in [5.41, 5.74) is 1.62. The largest absolute Gasteiger partial charge is 0.380 e. The number of nitrogens with one attached hydrogen (secondary N) is 2. The first kappa shape index (κ1) is 23.3. The highest BCUT2D eigenvalue weighted by molar-refractivity contribution is 6.32. The summed E-state index contributed by atoms with van der Waals surface area (Å²) in [5, 5.41) is 16.4. The van der Waals surface area contributed by atoms with Crippen LogP contribution in [-0.2, 0) is 22.7 Å². The second-order valence-corrected chi connectivity index (χ2v) is 7.49. The summed E-state index contributed by atoms with van der Waals surface area (Å²) in [7, 11) is 1.62. The molecular formula is C21H24ClN3O5. The predicted molar refractivity (Wildman–Crippen MR) is 113 cm³/mol. The quantitative estimate of drug-likeness (QED) is 0.464. The van der Waals surface area contributed by atoms with Gasteiger partial charge in [0.15, 0.2) is 0 Å². The Morgan fingerprint density at radius 2 is 1.77 bits per heavy atom. The molecule has 0 saturated carbocycles. The number of nitro benzene ring substituents is 1. The Kier molecular flexibility index (Phi) is 8.32. The Labute approximate surface area is 179 Å². The molecule has 2 N–H and O–H groups in total. The molecule has 0 aliphatic carbocycles. The van der Waals surface area contributed by atoms with Gasteiger partial charge in [-0.15, -0.1) is 0 Å². The number of halogens is 1. The van der Waals surface area contributed by atoms with E-state index < -0.39 is 16.9 Å². The van der Waals surface area contributed by atoms with Gasteiger partial charge in [-0.1, -0.05) is 49.7 Å². The third-order valence-corrected chi connectivity index (χ3v) is 4.76. The number of methoxy groups -OCH3 is 1. The number of carbonyl (C=O) groups is 2. The highest BCUT2D eigenvalue weighted by Crippen LogP contribution is 2.25. The molecular weight excluding hydrogens is 410 g/mol. The highest BCUT2D eigenvalue weighted by Gasteiger charge is 2.25. The first-order chi connectivity index (χ1) is 14.2. The van der Waals surface area contributed by atoms with Crippen LogP contribution in [0.2, 0.25) is 5.02 Å². The van der Waals surface area contributed by atoms with Gasteiger partial charge in [0.25, 0.3) is 11.6 Å². The molecule has 1 atom stereocenters. The summed E-state index contributed by atoms with van der Waals surface area (Å²) in [6.45, 7) is 4.41. The molecule has 0 aliphatic heterocycles. The van der Waals surface area contributed by atoms with Crippen molar-refractivity contribution in [3.8, 4) is 0 Å². The number of ether oxygens (including phenoxy) is 1. The molecule has 0 aromatic heterocycles. The number of nitrogens with zero attached hydrogens (tertiary/aromatic N) is 1. The molecule has 160 valence electrons. The third-order valence-electron chi connectivity index (χ3n) is 4.44. The smallest absolute Gasteiger partial charge is 0.288 e. The molecule has 0 radical (unpaired) electrons. The van der Waals surface area contributed by atoms with Crippen LogP contribution < -0.4 is 10.6 Å². The fraction of sp³-hybridized carbons (Fsp3) is 0.333. The van der Waals surface area contributed by atoms with Crippen molar-refractivity contribution in [1.29, 1.82) is 0 Å². The monoisotopic (exact) mass is 433 g/mol. The first-order valence-electron chi connectivity index (χ1n) is 9.32. The molecule has 0 heterocycles. The van der Waals surface area contributed by atoms with Gasteiger partial charge in [0.1, 0.15) is 11.1 Å². The topological polar surface area (TPSA) is 111 Å². The van der Waals surface area contributed by atoms with Crippen molar-refractivity contribution >= 4 is 29.1 Å². The standard InChI is InChI=1S/C21H24ClN3O5/c1-13(2)19(21(27)23-11-14-4-6-15(7-5-14)12-30-3)24-20(26)16-8-9-17(22)18(10-16)25(28)29/h4-10,13,19H,11-12H2,1-3H3,(H,23,27)(H,24,26). The van der Waals surface area contributed by atoms with E-state index in [-0.39, 0.29) is 28.1 Å². The molecule has 2 rings (SSSR count). The van der Waals surface area contributed by atoms with Crippen LogP contribution in [0, 0.1) is 16.0 Å². The Hall–Kier alpha value is -2.97. The maximum absolute atomic E-state index is 12.6. The van der Waals surface area contributed by atoms with Crippen molar-refractivity contribution in [2.45, 2.75) is 33.0 Å². The number of carbonyl (C=O) groups excluding carboxylic acids is 2. The molecule has 0 bridgehead atoms. The van der Waals surface area contributed by atoms with Crippen molar-refractivity contribution in [3.05, 3.63) is 74.3 Å². The summed E-state index contributed by atoms with van der Waals surface area (Å²) in [4.78, 5) is 35.6. The lowest BCUT2D eigenvalue weighted by molar-refractivity contribution is -0.384. The van der Waals surface area contributed by atoms with Crippen molar-refractivity contribution in [2.24, 2.45) is 5.92 Å². The minimum absolute atomic E-state index is 0.0540. The van der Waals surface area contributed by atoms with Crippen LogP contribution >= 0.6 is 11.6 Å². The third kappa shape index (κ3) is 6.27. The van der Waals surface area contributed by atoms with Crippen LogP contribution in [-0.4, -0.2) is 29.9 Å². The normalized spacial score (nSPS) is 11.8. The number of benzene rings is 2. The fourth-order valence-corrected chi connectivity index (χ4v) is 2.96. The molecule has 8 nitrogen and oxygen atoms in total. The van der Waals surface area contributed by atoms with Gasteiger partial charge in [-0.3, -0.25) is 19.7 Å². The molecule has 0 saturated heterocycles. The zero-order valence-corrected chi connectivity index (χ0v) is 17.7. The lowest BCUT2D eigenvalue weighted by Gasteiger charge is -2.22. The summed E-state index contributed by atoms with van der Waals surface area (Å²) < 4.78 is 5.07. The van der Waals surface area contributed by atoms with Gasteiger partial charge in [0, 0.05) is 25.3 Å². The average Bonchev–Trinajstić information content (AvgIpc) is 2.71. The molecule has 2 aromatic carbocycles. The number of nitro groups is 1. The van der Waals surface area contributed by atoms with Crippen molar-refractivity contribution < 1.29 is 19.2 Å². The van der Waals surface area contributed by atoms with E-state index in [2.05, 4.69) is 10.6 Å². The summed E-state index contributed by atoms with van der Waals surface area (Å²) in [6.07, 6.45) is 0. The lowest BCUT2D eigenvalue weighted by Crippen LogP contribution is -2.49. The number of hydrogen-bond donors (Lipinski definition) is 2. The van der Waals surface area contributed by atoms with Gasteiger partial charge in [-0.05, 0) is 29.2 Å². The van der Waals surface area contributed by atoms with Crippen LogP contribution in [0.15, 0.2) is 42.5 Å². The van der Waals surface area contributed by atoms with Crippen molar-refractivity contribution in [3.63, 3.8) is 0 Å². The first-order valence-corrected chi connectivity index (χ1v) is 9.70. The minimum atomic E-state index is -0.806. The maximum atomic E-state index is 12.6. The Bertz CT molecular complexity index is 915. The summed E-state index contributed by atoms with van der Waals surface area (Å²) in [5.74, 6) is -1.13. The molecule has 0 spiro atoms. The minimum Gasteiger partial charge on any atom is -0.380 e. The summed E-state index contributed by atoms with van der Waals surface area (Å²) >= 11 is 5.78. The van der Waals surface area contributed by atoms with Gasteiger partial charge in [-0.25, -0.2) is 0 Å². The lowest BCUT2D eigenvalue weighted by atomic mass is 10.0. The van der Waals surface area contributed by atoms with Crippen LogP contribution in [0.1, 0.15) is 35.3 Å². The Morgan fingerprint density at radius 3 is 2.33 bits per heavy atom. The van der Waals surface area contributed by atoms with Gasteiger partial charge in [-0.2, -0.15) is 0 Å². The van der Waals surface area contributed by atoms with E-state index in [4.69, 9.17) is 16.3 Å². The molecule has 0 fully saturated rings. The molecule has 1 unspecified atom stereocenters. The van der Waals surface area contributed by atoms with E-state index in [1.165, 1.54) is 12.1 Å². The van der Waals surface area contributed by atoms with Crippen LogP contribution in [0.25, 0.3) is 0 Å². The number of hydrogen-bond acceptors (Lipinski definition) is 5. The number of rotatable bonds is 9. The molecule has 2 aromatic rings. The van der Waals surface area contributed by atoms with Crippen LogP contribution in [0.3, 0.4) is 0 Å². The van der Waals surface area contributed by atoms with E-state index in [0.717, 1.165) is 17.2 Å². The Balaban J connectivity index is 2.04. The van der Waals surface area contributed by atoms with Gasteiger partial charge in [0.2, 0.25) is 5.91 Å². The van der Waals surface area contributed by atoms with Gasteiger partial charge < -0.3 is 15.4 Å². The maximum Gasteiger partial charge on any atom is 0.288 e. The van der Waals surface area contributed by atoms with Crippen LogP contribution in [0.4, 0.5) is 5.69 Å². The Morgan fingerprint density at radius 1 is 1.13 bits per heavy atom. The summed E-state index contributed by atoms with van der Waals surface area (Å²) in [6, 6.07) is 10.6. The zero-order valence-electron chi connectivity index (χ0n) is 17.0. The highest BCUT2D eigenvalue weighted by atomic mass is 35.5. The van der Waals surface area contributed by atoms with E-state index >= 15 is 0 Å². The van der Waals surface area contributed by atoms with E-state index in [0.29, 0.717) is 13.2 Å². The van der Waals surface area contributed by atoms with Gasteiger partial charge >= 0.3 is 0 Å². The molecule has 2 amide bonds. The van der Waals surface area contributed by atoms with Crippen molar-refractivity contribution in [1.82, 2.24) is 10.6 Å². The molecule has 9 heteroatoms. The van der Waals surface area contributed by atoms with E-state index in [1.54, 1.807) is 21.0 Å². The van der Waals surface area contributed by atoms with E-state index in [9.17, 15) is 19.7 Å². The zero-order chi connectivity index (χ0) is 22.3. The second kappa shape index (κ2) is 10.7. The van der Waals surface area contributed by atoms with Gasteiger partial charge in [0.05, 0.1) is 11.5 Å².